The number of aromatic nitrogens is 2. The van der Waals surface area contributed by atoms with Crippen molar-refractivity contribution in [2.45, 2.75) is 53.2 Å². The lowest BCUT2D eigenvalue weighted by molar-refractivity contribution is 0.0530. The molecule has 7 heteroatoms. The van der Waals surface area contributed by atoms with Gasteiger partial charge in [-0.1, -0.05) is 20.3 Å². The van der Waals surface area contributed by atoms with E-state index in [1.54, 1.807) is 6.20 Å². The molecule has 1 heterocycles. The molecule has 1 unspecified atom stereocenters. The minimum Gasteiger partial charge on any atom is -0.444 e. The predicted octanol–water partition coefficient (Wildman–Crippen LogP) is 2.23. The van der Waals surface area contributed by atoms with Gasteiger partial charge in [0.05, 0.1) is 11.9 Å². The summed E-state index contributed by atoms with van der Waals surface area (Å²) >= 11 is 0. The number of alkyl carbamates (subject to hydrolysis) is 1. The molecule has 0 bridgehead atoms. The molecule has 1 aromatic rings. The Morgan fingerprint density at radius 3 is 2.65 bits per heavy atom. The Kier molecular flexibility index (Phi) is 7.06. The summed E-state index contributed by atoms with van der Waals surface area (Å²) in [5.74, 6) is 0.414. The maximum Gasteiger partial charge on any atom is 0.407 e. The molecule has 0 spiro atoms. The molecule has 1 amide bonds. The Morgan fingerprint density at radius 2 is 2.09 bits per heavy atom. The quantitative estimate of drug-likeness (QED) is 0.751. The van der Waals surface area contributed by atoms with E-state index in [2.05, 4.69) is 29.6 Å². The van der Waals surface area contributed by atoms with Crippen LogP contribution in [0.2, 0.25) is 0 Å². The Hall–Kier alpha value is -2.05. The molecular formula is C16H28N4O3. The first kappa shape index (κ1) is 19.0. The van der Waals surface area contributed by atoms with Gasteiger partial charge in [0.15, 0.2) is 0 Å². The molecule has 0 saturated heterocycles. The maximum absolute atomic E-state index is 12.0. The lowest BCUT2D eigenvalue weighted by Crippen LogP contribution is -2.35. The summed E-state index contributed by atoms with van der Waals surface area (Å²) in [6.07, 6.45) is 2.17. The second-order valence-corrected chi connectivity index (χ2v) is 6.63. The van der Waals surface area contributed by atoms with Gasteiger partial charge in [-0.3, -0.25) is 4.79 Å². The number of rotatable bonds is 7. The van der Waals surface area contributed by atoms with Crippen molar-refractivity contribution in [3.63, 3.8) is 0 Å². The summed E-state index contributed by atoms with van der Waals surface area (Å²) in [7, 11) is 0. The van der Waals surface area contributed by atoms with Gasteiger partial charge in [-0.15, -0.1) is 0 Å². The van der Waals surface area contributed by atoms with Crippen LogP contribution in [0, 0.1) is 5.92 Å². The highest BCUT2D eigenvalue weighted by Crippen LogP contribution is 2.06. The molecule has 0 aliphatic carbocycles. The van der Waals surface area contributed by atoms with E-state index in [1.807, 2.05) is 20.8 Å². The smallest absolute Gasteiger partial charge is 0.407 e. The molecule has 23 heavy (non-hydrogen) atoms. The molecule has 0 aromatic carbocycles. The first-order valence-electron chi connectivity index (χ1n) is 7.99. The van der Waals surface area contributed by atoms with Crippen LogP contribution in [0.1, 0.15) is 41.0 Å². The van der Waals surface area contributed by atoms with Crippen molar-refractivity contribution in [3.05, 3.63) is 22.6 Å². The summed E-state index contributed by atoms with van der Waals surface area (Å²) in [6, 6.07) is 1.52. The van der Waals surface area contributed by atoms with E-state index in [-0.39, 0.29) is 5.56 Å². The third kappa shape index (κ3) is 7.67. The van der Waals surface area contributed by atoms with Gasteiger partial charge >= 0.3 is 6.09 Å². The fraction of sp³-hybridized carbons (Fsp3) is 0.688. The van der Waals surface area contributed by atoms with Crippen LogP contribution < -0.4 is 16.2 Å². The van der Waals surface area contributed by atoms with Crippen molar-refractivity contribution >= 4 is 11.8 Å². The summed E-state index contributed by atoms with van der Waals surface area (Å²) in [5.41, 5.74) is -0.00141. The second-order valence-electron chi connectivity index (χ2n) is 6.63. The molecular weight excluding hydrogens is 296 g/mol. The lowest BCUT2D eigenvalue weighted by atomic mass is 10.1. The normalized spacial score (nSPS) is 12.6. The third-order valence-corrected chi connectivity index (χ3v) is 3.17. The summed E-state index contributed by atoms with van der Waals surface area (Å²) in [6.45, 7) is 11.1. The van der Waals surface area contributed by atoms with Crippen molar-refractivity contribution in [2.75, 3.05) is 18.4 Å². The van der Waals surface area contributed by atoms with Crippen LogP contribution in [0.4, 0.5) is 10.5 Å². The van der Waals surface area contributed by atoms with Gasteiger partial charge in [0, 0.05) is 25.7 Å². The van der Waals surface area contributed by atoms with E-state index >= 15 is 0 Å². The van der Waals surface area contributed by atoms with Gasteiger partial charge in [0.1, 0.15) is 5.60 Å². The minimum atomic E-state index is -0.512. The first-order chi connectivity index (χ1) is 10.7. The third-order valence-electron chi connectivity index (χ3n) is 3.17. The molecule has 0 aliphatic rings. The average molecular weight is 324 g/mol. The fourth-order valence-corrected chi connectivity index (χ4v) is 1.78. The fourth-order valence-electron chi connectivity index (χ4n) is 1.78. The summed E-state index contributed by atoms with van der Waals surface area (Å²) in [5, 5.41) is 9.85. The monoisotopic (exact) mass is 324 g/mol. The summed E-state index contributed by atoms with van der Waals surface area (Å²) in [4.78, 5) is 23.4. The number of carbonyl (C=O) groups excluding carboxylic acids is 1. The molecule has 0 aliphatic heterocycles. The molecule has 1 aromatic heterocycles. The largest absolute Gasteiger partial charge is 0.444 e. The number of amides is 1. The Balaban J connectivity index is 2.40. The highest BCUT2D eigenvalue weighted by Gasteiger charge is 2.15. The number of carbonyl (C=O) groups is 1. The van der Waals surface area contributed by atoms with E-state index in [0.717, 1.165) is 6.42 Å². The van der Waals surface area contributed by atoms with Crippen LogP contribution >= 0.6 is 0 Å². The molecule has 1 rings (SSSR count). The van der Waals surface area contributed by atoms with Gasteiger partial charge in [0.25, 0.3) is 5.56 Å². The zero-order chi connectivity index (χ0) is 17.5. The molecule has 0 fully saturated rings. The highest BCUT2D eigenvalue weighted by molar-refractivity contribution is 5.67. The van der Waals surface area contributed by atoms with E-state index in [4.69, 9.17) is 4.74 Å². The average Bonchev–Trinajstić information content (AvgIpc) is 2.44. The van der Waals surface area contributed by atoms with Crippen LogP contribution in [0.5, 0.6) is 0 Å². The van der Waals surface area contributed by atoms with Crippen molar-refractivity contribution in [1.29, 1.82) is 0 Å². The number of hydrogen-bond donors (Lipinski definition) is 2. The van der Waals surface area contributed by atoms with Crippen molar-refractivity contribution in [1.82, 2.24) is 15.1 Å². The Bertz CT molecular complexity index is 563. The van der Waals surface area contributed by atoms with Crippen LogP contribution in [0.3, 0.4) is 0 Å². The standard InChI is InChI=1S/C16H28N4O3/c1-6-12(2)11-20-14(21)9-13(10-19-20)17-7-8-18-15(22)23-16(3,4)5/h9-10,12,17H,6-8,11H2,1-5H3,(H,18,22). The van der Waals surface area contributed by atoms with Crippen LogP contribution in [0.15, 0.2) is 17.1 Å². The summed E-state index contributed by atoms with van der Waals surface area (Å²) < 4.78 is 6.60. The van der Waals surface area contributed by atoms with Crippen molar-refractivity contribution < 1.29 is 9.53 Å². The zero-order valence-electron chi connectivity index (χ0n) is 14.7. The topological polar surface area (TPSA) is 85.2 Å². The number of ether oxygens (including phenoxy) is 1. The van der Waals surface area contributed by atoms with Gasteiger partial charge in [-0.25, -0.2) is 9.48 Å². The van der Waals surface area contributed by atoms with Crippen LogP contribution in [-0.4, -0.2) is 34.6 Å². The lowest BCUT2D eigenvalue weighted by Gasteiger charge is -2.19. The molecule has 0 saturated carbocycles. The van der Waals surface area contributed by atoms with Crippen LogP contribution in [-0.2, 0) is 11.3 Å². The number of hydrogen-bond acceptors (Lipinski definition) is 5. The van der Waals surface area contributed by atoms with E-state index < -0.39 is 11.7 Å². The van der Waals surface area contributed by atoms with E-state index in [9.17, 15) is 9.59 Å². The number of anilines is 1. The molecule has 1 atom stereocenters. The zero-order valence-corrected chi connectivity index (χ0v) is 14.7. The SMILES string of the molecule is CCC(C)Cn1ncc(NCCNC(=O)OC(C)(C)C)cc1=O. The first-order valence-corrected chi connectivity index (χ1v) is 7.99. The van der Waals surface area contributed by atoms with E-state index in [1.165, 1.54) is 10.7 Å². The number of nitrogens with one attached hydrogen (secondary N) is 2. The molecule has 2 N–H and O–H groups in total. The molecule has 130 valence electrons. The van der Waals surface area contributed by atoms with Gasteiger partial charge in [-0.05, 0) is 26.7 Å². The molecule has 7 nitrogen and oxygen atoms in total. The Morgan fingerprint density at radius 1 is 1.39 bits per heavy atom. The minimum absolute atomic E-state index is 0.129. The molecule has 0 radical (unpaired) electrons. The van der Waals surface area contributed by atoms with Crippen molar-refractivity contribution in [3.8, 4) is 0 Å². The van der Waals surface area contributed by atoms with Crippen molar-refractivity contribution in [2.24, 2.45) is 5.92 Å². The number of nitrogens with zero attached hydrogens (tertiary/aromatic N) is 2. The highest BCUT2D eigenvalue weighted by atomic mass is 16.6. The van der Waals surface area contributed by atoms with E-state index in [0.29, 0.717) is 31.2 Å². The van der Waals surface area contributed by atoms with Gasteiger partial charge in [0.2, 0.25) is 0 Å². The van der Waals surface area contributed by atoms with Gasteiger partial charge in [-0.2, -0.15) is 5.10 Å². The van der Waals surface area contributed by atoms with Crippen LogP contribution in [0.25, 0.3) is 0 Å². The Labute approximate surface area is 137 Å². The second kappa shape index (κ2) is 8.55. The van der Waals surface area contributed by atoms with Gasteiger partial charge < -0.3 is 15.4 Å². The predicted molar refractivity (Wildman–Crippen MR) is 90.7 cm³/mol. The maximum atomic E-state index is 12.0.